The van der Waals surface area contributed by atoms with E-state index in [1.54, 1.807) is 18.2 Å². The number of carboxylic acid groups (broad SMARTS) is 1. The fourth-order valence-corrected chi connectivity index (χ4v) is 2.97. The van der Waals surface area contributed by atoms with Gasteiger partial charge in [-0.15, -0.1) is 0 Å². The van der Waals surface area contributed by atoms with Crippen molar-refractivity contribution in [1.29, 1.82) is 0 Å². The first-order valence-electron chi connectivity index (χ1n) is 7.18. The van der Waals surface area contributed by atoms with Crippen molar-refractivity contribution in [3.05, 3.63) is 62.6 Å². The lowest BCUT2D eigenvalue weighted by Gasteiger charge is -2.18. The number of aryl methyl sites for hydroxylation is 2. The fourth-order valence-electron chi connectivity index (χ4n) is 2.40. The second kappa shape index (κ2) is 7.24. The van der Waals surface area contributed by atoms with E-state index in [0.29, 0.717) is 15.8 Å². The third-order valence-corrected chi connectivity index (χ3v) is 4.09. The molecule has 0 amide bonds. The molecular formula is C18H18Cl2O3. The van der Waals surface area contributed by atoms with Crippen LogP contribution >= 0.6 is 23.2 Å². The Bertz CT molecular complexity index is 721. The van der Waals surface area contributed by atoms with E-state index in [1.807, 2.05) is 32.9 Å². The second-order valence-electron chi connectivity index (χ2n) is 5.63. The van der Waals surface area contributed by atoms with Gasteiger partial charge in [-0.3, -0.25) is 0 Å². The molecule has 5 heteroatoms. The van der Waals surface area contributed by atoms with E-state index in [4.69, 9.17) is 27.9 Å². The predicted octanol–water partition coefficient (Wildman–Crippen LogP) is 4.99. The summed E-state index contributed by atoms with van der Waals surface area (Å²) in [6.07, 6.45) is -0.827. The van der Waals surface area contributed by atoms with Crippen LogP contribution in [0.5, 0.6) is 5.75 Å². The topological polar surface area (TPSA) is 46.5 Å². The Hall–Kier alpha value is -1.71. The highest BCUT2D eigenvalue weighted by Crippen LogP contribution is 2.26. The van der Waals surface area contributed by atoms with Crippen molar-refractivity contribution >= 4 is 29.2 Å². The minimum atomic E-state index is -1.03. The summed E-state index contributed by atoms with van der Waals surface area (Å²) in [5.74, 6) is -0.442. The molecule has 2 aromatic carbocycles. The molecule has 0 aromatic heterocycles. The van der Waals surface area contributed by atoms with Gasteiger partial charge in [0.2, 0.25) is 0 Å². The highest BCUT2D eigenvalue weighted by molar-refractivity contribution is 6.34. The van der Waals surface area contributed by atoms with Crippen LogP contribution in [0.25, 0.3) is 0 Å². The number of halogens is 2. The van der Waals surface area contributed by atoms with Crippen LogP contribution in [-0.4, -0.2) is 17.2 Å². The van der Waals surface area contributed by atoms with Crippen LogP contribution in [0.15, 0.2) is 30.3 Å². The average Bonchev–Trinajstić information content (AvgIpc) is 2.42. The van der Waals surface area contributed by atoms with Crippen molar-refractivity contribution in [2.45, 2.75) is 33.3 Å². The van der Waals surface area contributed by atoms with E-state index >= 15 is 0 Å². The third-order valence-electron chi connectivity index (χ3n) is 3.65. The number of rotatable bonds is 5. The Balaban J connectivity index is 2.28. The molecule has 0 aliphatic rings. The number of hydrogen-bond acceptors (Lipinski definition) is 2. The molecule has 3 nitrogen and oxygen atoms in total. The van der Waals surface area contributed by atoms with Gasteiger partial charge in [0.15, 0.2) is 6.10 Å². The van der Waals surface area contributed by atoms with E-state index < -0.39 is 12.1 Å². The van der Waals surface area contributed by atoms with Crippen LogP contribution in [0.1, 0.15) is 22.3 Å². The molecule has 1 atom stereocenters. The minimum absolute atomic E-state index is 0.183. The summed E-state index contributed by atoms with van der Waals surface area (Å²) in [6, 6.07) is 8.89. The number of aliphatic carboxylic acids is 1. The molecular weight excluding hydrogens is 335 g/mol. The molecule has 0 saturated heterocycles. The summed E-state index contributed by atoms with van der Waals surface area (Å²) in [5, 5.41) is 10.4. The van der Waals surface area contributed by atoms with Crippen molar-refractivity contribution in [1.82, 2.24) is 0 Å². The SMILES string of the molecule is Cc1cc(C)c(C)c(O[C@H](Cc2cc(Cl)cc(Cl)c2)C(=O)O)c1. The zero-order valence-corrected chi connectivity index (χ0v) is 14.7. The number of hydrogen-bond donors (Lipinski definition) is 1. The van der Waals surface area contributed by atoms with Gasteiger partial charge in [0, 0.05) is 16.5 Å². The Morgan fingerprint density at radius 2 is 1.70 bits per heavy atom. The van der Waals surface area contributed by atoms with Crippen molar-refractivity contribution in [2.24, 2.45) is 0 Å². The van der Waals surface area contributed by atoms with Gasteiger partial charge < -0.3 is 9.84 Å². The van der Waals surface area contributed by atoms with Gasteiger partial charge in [0.25, 0.3) is 0 Å². The van der Waals surface area contributed by atoms with Crippen LogP contribution < -0.4 is 4.74 Å². The number of carbonyl (C=O) groups is 1. The maximum Gasteiger partial charge on any atom is 0.345 e. The normalized spacial score (nSPS) is 12.0. The molecule has 0 aliphatic heterocycles. The highest BCUT2D eigenvalue weighted by Gasteiger charge is 2.22. The maximum absolute atomic E-state index is 11.6. The van der Waals surface area contributed by atoms with Crippen molar-refractivity contribution in [3.63, 3.8) is 0 Å². The molecule has 0 unspecified atom stereocenters. The maximum atomic E-state index is 11.6. The molecule has 0 saturated carbocycles. The molecule has 0 bridgehead atoms. The van der Waals surface area contributed by atoms with Crippen LogP contribution in [0, 0.1) is 20.8 Å². The first-order valence-corrected chi connectivity index (χ1v) is 7.94. The van der Waals surface area contributed by atoms with E-state index in [9.17, 15) is 9.90 Å². The lowest BCUT2D eigenvalue weighted by molar-refractivity contribution is -0.145. The molecule has 0 fully saturated rings. The van der Waals surface area contributed by atoms with E-state index in [0.717, 1.165) is 22.3 Å². The zero-order chi connectivity index (χ0) is 17.1. The molecule has 1 N–H and O–H groups in total. The number of carboxylic acids is 1. The quantitative estimate of drug-likeness (QED) is 0.823. The van der Waals surface area contributed by atoms with E-state index in [2.05, 4.69) is 0 Å². The Morgan fingerprint density at radius 1 is 1.09 bits per heavy atom. The van der Waals surface area contributed by atoms with Crippen molar-refractivity contribution in [3.8, 4) is 5.75 Å². The number of ether oxygens (including phenoxy) is 1. The standard InChI is InChI=1S/C18H18Cl2O3/c1-10-4-11(2)12(3)16(5-10)23-17(18(21)22)8-13-6-14(19)9-15(20)7-13/h4-7,9,17H,8H2,1-3H3,(H,21,22)/t17-/m1/s1. The molecule has 122 valence electrons. The number of benzene rings is 2. The summed E-state index contributed by atoms with van der Waals surface area (Å²) < 4.78 is 5.77. The summed E-state index contributed by atoms with van der Waals surface area (Å²) in [4.78, 5) is 11.6. The van der Waals surface area contributed by atoms with Gasteiger partial charge in [-0.05, 0) is 67.3 Å². The summed E-state index contributed by atoms with van der Waals surface area (Å²) in [5.41, 5.74) is 3.75. The lowest BCUT2D eigenvalue weighted by Crippen LogP contribution is -2.29. The lowest BCUT2D eigenvalue weighted by atomic mass is 10.0. The Labute approximate surface area is 145 Å². The van der Waals surface area contributed by atoms with Gasteiger partial charge in [0.1, 0.15) is 5.75 Å². The van der Waals surface area contributed by atoms with Crippen LogP contribution in [0.2, 0.25) is 10.0 Å². The van der Waals surface area contributed by atoms with Crippen molar-refractivity contribution in [2.75, 3.05) is 0 Å². The molecule has 0 spiro atoms. The van der Waals surface area contributed by atoms with Gasteiger partial charge in [-0.1, -0.05) is 29.3 Å². The van der Waals surface area contributed by atoms with Crippen LogP contribution in [0.3, 0.4) is 0 Å². The Kier molecular flexibility index (Phi) is 5.55. The second-order valence-corrected chi connectivity index (χ2v) is 6.50. The van der Waals surface area contributed by atoms with Crippen LogP contribution in [0.4, 0.5) is 0 Å². The van der Waals surface area contributed by atoms with Crippen molar-refractivity contribution < 1.29 is 14.6 Å². The third kappa shape index (κ3) is 4.63. The first-order chi connectivity index (χ1) is 10.8. The van der Waals surface area contributed by atoms with Gasteiger partial charge in [-0.25, -0.2) is 4.79 Å². The monoisotopic (exact) mass is 352 g/mol. The van der Waals surface area contributed by atoms with Gasteiger partial charge in [-0.2, -0.15) is 0 Å². The average molecular weight is 353 g/mol. The highest BCUT2D eigenvalue weighted by atomic mass is 35.5. The molecule has 0 heterocycles. The fraction of sp³-hybridized carbons (Fsp3) is 0.278. The summed E-state index contributed by atoms with van der Waals surface area (Å²) in [7, 11) is 0. The molecule has 0 radical (unpaired) electrons. The first kappa shape index (κ1) is 17.6. The molecule has 0 aliphatic carbocycles. The largest absolute Gasteiger partial charge is 0.478 e. The zero-order valence-electron chi connectivity index (χ0n) is 13.2. The summed E-state index contributed by atoms with van der Waals surface area (Å²) >= 11 is 11.9. The molecule has 2 rings (SSSR count). The van der Waals surface area contributed by atoms with E-state index in [-0.39, 0.29) is 6.42 Å². The molecule has 23 heavy (non-hydrogen) atoms. The van der Waals surface area contributed by atoms with E-state index in [1.165, 1.54) is 0 Å². The Morgan fingerprint density at radius 3 is 2.26 bits per heavy atom. The van der Waals surface area contributed by atoms with Gasteiger partial charge >= 0.3 is 5.97 Å². The van der Waals surface area contributed by atoms with Crippen LogP contribution in [-0.2, 0) is 11.2 Å². The van der Waals surface area contributed by atoms with Gasteiger partial charge in [0.05, 0.1) is 0 Å². The predicted molar refractivity (Wildman–Crippen MR) is 92.9 cm³/mol. The summed E-state index contributed by atoms with van der Waals surface area (Å²) in [6.45, 7) is 5.84. The molecule has 2 aromatic rings. The smallest absolute Gasteiger partial charge is 0.345 e. The minimum Gasteiger partial charge on any atom is -0.478 e.